The van der Waals surface area contributed by atoms with Gasteiger partial charge in [-0.25, -0.2) is 9.97 Å². The second-order valence-corrected chi connectivity index (χ2v) is 9.42. The number of anilines is 2. The molecular weight excluding hydrogens is 434 g/mol. The summed E-state index contributed by atoms with van der Waals surface area (Å²) < 4.78 is 1.91. The van der Waals surface area contributed by atoms with Gasteiger partial charge in [0, 0.05) is 42.7 Å². The Bertz CT molecular complexity index is 1240. The fourth-order valence-corrected chi connectivity index (χ4v) is 5.25. The van der Waals surface area contributed by atoms with Crippen molar-refractivity contribution in [2.45, 2.75) is 19.3 Å². The van der Waals surface area contributed by atoms with Crippen LogP contribution in [-0.2, 0) is 11.8 Å². The van der Waals surface area contributed by atoms with E-state index in [-0.39, 0.29) is 17.7 Å². The van der Waals surface area contributed by atoms with Gasteiger partial charge in [0.25, 0.3) is 0 Å². The molecule has 1 amide bonds. The largest absolute Gasteiger partial charge is 0.356 e. The molecule has 8 nitrogen and oxygen atoms in total. The molecule has 5 rings (SSSR count). The number of carbonyl (C=O) groups is 1. The van der Waals surface area contributed by atoms with Crippen molar-refractivity contribution in [1.29, 1.82) is 0 Å². The van der Waals surface area contributed by atoms with Gasteiger partial charge < -0.3 is 14.8 Å². The van der Waals surface area contributed by atoms with Crippen LogP contribution in [0.1, 0.15) is 23.0 Å². The van der Waals surface area contributed by atoms with Gasteiger partial charge in [-0.05, 0) is 25.5 Å². The average molecular weight is 460 g/mol. The number of benzene rings is 1. The van der Waals surface area contributed by atoms with Gasteiger partial charge in [0.15, 0.2) is 5.13 Å². The van der Waals surface area contributed by atoms with Gasteiger partial charge in [0.1, 0.15) is 18.0 Å². The quantitative estimate of drug-likeness (QED) is 0.487. The zero-order chi connectivity index (χ0) is 22.8. The maximum Gasteiger partial charge on any atom is 0.231 e. The predicted octanol–water partition coefficient (Wildman–Crippen LogP) is 3.89. The summed E-state index contributed by atoms with van der Waals surface area (Å²) in [6, 6.07) is 15.9. The first-order valence-electron chi connectivity index (χ1n) is 10.9. The molecule has 1 saturated heterocycles. The molecule has 1 aromatic carbocycles. The van der Waals surface area contributed by atoms with Gasteiger partial charge in [-0.2, -0.15) is 0 Å². The van der Waals surface area contributed by atoms with Crippen molar-refractivity contribution in [3.05, 3.63) is 71.8 Å². The van der Waals surface area contributed by atoms with E-state index < -0.39 is 0 Å². The predicted molar refractivity (Wildman–Crippen MR) is 129 cm³/mol. The number of nitrogens with one attached hydrogen (secondary N) is 1. The minimum absolute atomic E-state index is 0.0351. The second kappa shape index (κ2) is 9.11. The molecule has 1 aliphatic heterocycles. The highest BCUT2D eigenvalue weighted by Gasteiger charge is 2.38. The molecule has 4 heterocycles. The number of rotatable bonds is 5. The lowest BCUT2D eigenvalue weighted by molar-refractivity contribution is -0.120. The summed E-state index contributed by atoms with van der Waals surface area (Å²) in [6.07, 6.45) is 4.25. The monoisotopic (exact) mass is 459 g/mol. The number of hydrogen-bond donors (Lipinski definition) is 1. The molecule has 0 radical (unpaired) electrons. The number of piperidine rings is 1. The summed E-state index contributed by atoms with van der Waals surface area (Å²) in [7, 11) is 1.92. The Morgan fingerprint density at radius 3 is 2.70 bits per heavy atom. The molecule has 1 fully saturated rings. The van der Waals surface area contributed by atoms with Crippen LogP contribution in [0.25, 0.3) is 11.3 Å². The second-order valence-electron chi connectivity index (χ2n) is 8.21. The third kappa shape index (κ3) is 4.36. The van der Waals surface area contributed by atoms with E-state index in [4.69, 9.17) is 4.98 Å². The highest BCUT2D eigenvalue weighted by atomic mass is 32.1. The lowest BCUT2D eigenvalue weighted by atomic mass is 9.84. The van der Waals surface area contributed by atoms with Gasteiger partial charge in [-0.15, -0.1) is 21.5 Å². The smallest absolute Gasteiger partial charge is 0.231 e. The first-order chi connectivity index (χ1) is 16.1. The van der Waals surface area contributed by atoms with Crippen LogP contribution in [0.2, 0.25) is 0 Å². The summed E-state index contributed by atoms with van der Waals surface area (Å²) in [5.41, 5.74) is 1.95. The topological polar surface area (TPSA) is 88.8 Å². The van der Waals surface area contributed by atoms with E-state index in [1.165, 1.54) is 11.3 Å². The first kappa shape index (κ1) is 21.3. The Morgan fingerprint density at radius 2 is 1.97 bits per heavy atom. The molecule has 0 spiro atoms. The number of amides is 1. The van der Waals surface area contributed by atoms with E-state index >= 15 is 0 Å². The van der Waals surface area contributed by atoms with Gasteiger partial charge in [-0.1, -0.05) is 36.4 Å². The zero-order valence-corrected chi connectivity index (χ0v) is 19.4. The van der Waals surface area contributed by atoms with Crippen molar-refractivity contribution in [2.24, 2.45) is 13.0 Å². The maximum atomic E-state index is 13.6. The Labute approximate surface area is 196 Å². The summed E-state index contributed by atoms with van der Waals surface area (Å²) in [4.78, 5) is 26.0. The van der Waals surface area contributed by atoms with Crippen LogP contribution >= 0.6 is 11.3 Å². The van der Waals surface area contributed by atoms with Crippen molar-refractivity contribution in [1.82, 2.24) is 24.7 Å². The fourth-order valence-electron chi connectivity index (χ4n) is 4.42. The van der Waals surface area contributed by atoms with Crippen LogP contribution in [0.5, 0.6) is 0 Å². The number of carbonyl (C=O) groups excluding carboxylic acids is 1. The summed E-state index contributed by atoms with van der Waals surface area (Å²) >= 11 is 1.50. The van der Waals surface area contributed by atoms with Crippen LogP contribution in [0.4, 0.5) is 10.9 Å². The van der Waals surface area contributed by atoms with Gasteiger partial charge in [0.2, 0.25) is 5.91 Å². The molecule has 168 valence electrons. The number of aryl methyl sites for hydroxylation is 2. The standard InChI is InChI=1S/C24H25N7OS/c1-16-21(17-8-4-3-5-9-17)27-24(33-16)28-23(32)19-14-31(20-10-6-7-12-25-20)13-11-18(19)22-29-26-15-30(22)2/h3-10,12,15,18-19H,11,13-14H2,1-2H3,(H,27,28,32). The number of pyridine rings is 1. The van der Waals surface area contributed by atoms with Crippen LogP contribution in [0, 0.1) is 12.8 Å². The van der Waals surface area contributed by atoms with Gasteiger partial charge in [0.05, 0.1) is 11.6 Å². The minimum atomic E-state index is -0.312. The van der Waals surface area contributed by atoms with E-state index in [1.807, 2.05) is 67.1 Å². The summed E-state index contributed by atoms with van der Waals surface area (Å²) in [5.74, 6) is 1.30. The Balaban J connectivity index is 1.41. The molecule has 3 aromatic heterocycles. The van der Waals surface area contributed by atoms with Crippen LogP contribution in [-0.4, -0.2) is 43.7 Å². The molecular formula is C24H25N7OS. The number of hydrogen-bond acceptors (Lipinski definition) is 7. The number of aromatic nitrogens is 5. The third-order valence-corrected chi connectivity index (χ3v) is 6.96. The SMILES string of the molecule is Cc1sc(NC(=O)C2CN(c3ccccn3)CCC2c2nncn2C)nc1-c1ccccc1. The fraction of sp³-hybridized carbons (Fsp3) is 0.292. The minimum Gasteiger partial charge on any atom is -0.356 e. The Morgan fingerprint density at radius 1 is 1.15 bits per heavy atom. The molecule has 1 N–H and O–H groups in total. The lowest BCUT2D eigenvalue weighted by Gasteiger charge is -2.37. The van der Waals surface area contributed by atoms with Crippen LogP contribution < -0.4 is 10.2 Å². The van der Waals surface area contributed by atoms with E-state index in [2.05, 4.69) is 25.4 Å². The molecule has 1 aliphatic rings. The molecule has 9 heteroatoms. The summed E-state index contributed by atoms with van der Waals surface area (Å²) in [6.45, 7) is 3.38. The summed E-state index contributed by atoms with van der Waals surface area (Å²) in [5, 5.41) is 12.1. The van der Waals surface area contributed by atoms with Crippen LogP contribution in [0.3, 0.4) is 0 Å². The maximum absolute atomic E-state index is 13.6. The van der Waals surface area contributed by atoms with Crippen molar-refractivity contribution < 1.29 is 4.79 Å². The number of thiazole rings is 1. The van der Waals surface area contributed by atoms with Crippen LogP contribution in [0.15, 0.2) is 61.1 Å². The highest BCUT2D eigenvalue weighted by molar-refractivity contribution is 7.16. The first-order valence-corrected chi connectivity index (χ1v) is 11.8. The Kier molecular flexibility index (Phi) is 5.87. The van der Waals surface area contributed by atoms with Gasteiger partial charge in [-0.3, -0.25) is 4.79 Å². The van der Waals surface area contributed by atoms with E-state index in [1.54, 1.807) is 12.5 Å². The van der Waals surface area contributed by atoms with Gasteiger partial charge >= 0.3 is 0 Å². The van der Waals surface area contributed by atoms with Crippen molar-refractivity contribution in [2.75, 3.05) is 23.3 Å². The van der Waals surface area contributed by atoms with Crippen molar-refractivity contribution >= 4 is 28.2 Å². The molecule has 0 bridgehead atoms. The average Bonchev–Trinajstić information content (AvgIpc) is 3.44. The molecule has 4 aromatic rings. The van der Waals surface area contributed by atoms with Crippen molar-refractivity contribution in [3.63, 3.8) is 0 Å². The normalized spacial score (nSPS) is 18.3. The zero-order valence-electron chi connectivity index (χ0n) is 18.5. The lowest BCUT2D eigenvalue weighted by Crippen LogP contribution is -2.45. The van der Waals surface area contributed by atoms with Crippen molar-refractivity contribution in [3.8, 4) is 11.3 Å². The van der Waals surface area contributed by atoms with E-state index in [0.29, 0.717) is 11.7 Å². The van der Waals surface area contributed by atoms with E-state index in [0.717, 1.165) is 40.7 Å². The number of nitrogens with zero attached hydrogens (tertiary/aromatic N) is 6. The Hall–Kier alpha value is -3.59. The molecule has 33 heavy (non-hydrogen) atoms. The molecule has 2 unspecified atom stereocenters. The third-order valence-electron chi connectivity index (χ3n) is 6.07. The van der Waals surface area contributed by atoms with E-state index in [9.17, 15) is 4.79 Å². The molecule has 0 saturated carbocycles. The highest BCUT2D eigenvalue weighted by Crippen LogP contribution is 2.35. The molecule has 0 aliphatic carbocycles. The molecule has 2 atom stereocenters.